The quantitative estimate of drug-likeness (QED) is 0.504. The van der Waals surface area contributed by atoms with Gasteiger partial charge in [-0.3, -0.25) is 19.3 Å². The van der Waals surface area contributed by atoms with E-state index in [2.05, 4.69) is 32.2 Å². The fraction of sp³-hybridized carbons (Fsp3) is 0.444. The van der Waals surface area contributed by atoms with Crippen molar-refractivity contribution in [3.8, 4) is 0 Å². The molecule has 0 radical (unpaired) electrons. The maximum atomic E-state index is 13.1. The van der Waals surface area contributed by atoms with E-state index in [1.807, 2.05) is 39.0 Å². The van der Waals surface area contributed by atoms with Gasteiger partial charge in [-0.05, 0) is 67.5 Å². The van der Waals surface area contributed by atoms with Gasteiger partial charge in [0.15, 0.2) is 0 Å². The van der Waals surface area contributed by atoms with Crippen LogP contribution in [0.1, 0.15) is 104 Å². The van der Waals surface area contributed by atoms with E-state index in [1.54, 1.807) is 18.2 Å². The average molecular weight is 435 g/mol. The Hall–Kier alpha value is -2.95. The highest BCUT2D eigenvalue weighted by Gasteiger charge is 2.44. The molecule has 32 heavy (non-hydrogen) atoms. The van der Waals surface area contributed by atoms with Crippen molar-refractivity contribution in [2.45, 2.75) is 78.2 Å². The monoisotopic (exact) mass is 434 g/mol. The predicted molar refractivity (Wildman–Crippen MR) is 128 cm³/mol. The molecular formula is C27H34N2O3. The third-order valence-electron chi connectivity index (χ3n) is 6.99. The maximum absolute atomic E-state index is 13.1. The lowest BCUT2D eigenvalue weighted by atomic mass is 9.80. The van der Waals surface area contributed by atoms with E-state index in [4.69, 9.17) is 0 Å². The first kappa shape index (κ1) is 23.7. The zero-order chi connectivity index (χ0) is 23.7. The van der Waals surface area contributed by atoms with E-state index in [0.29, 0.717) is 35.2 Å². The lowest BCUT2D eigenvalue weighted by molar-refractivity contribution is 0.0434. The normalized spacial score (nSPS) is 14.0. The highest BCUT2D eigenvalue weighted by molar-refractivity contribution is 6.22. The fourth-order valence-electron chi connectivity index (χ4n) is 4.43. The Morgan fingerprint density at radius 2 is 1.56 bits per heavy atom. The van der Waals surface area contributed by atoms with Crippen molar-refractivity contribution in [3.05, 3.63) is 64.7 Å². The van der Waals surface area contributed by atoms with Gasteiger partial charge in [0, 0.05) is 16.8 Å². The predicted octanol–water partition coefficient (Wildman–Crippen LogP) is 6.19. The molecule has 1 N–H and O–H groups in total. The zero-order valence-electron chi connectivity index (χ0n) is 20.0. The number of carbonyl (C=O) groups is 3. The Labute approximate surface area is 191 Å². The number of hydrogen-bond donors (Lipinski definition) is 1. The summed E-state index contributed by atoms with van der Waals surface area (Å²) in [6.45, 7) is 12.4. The molecule has 170 valence electrons. The van der Waals surface area contributed by atoms with Gasteiger partial charge < -0.3 is 5.32 Å². The Bertz CT molecular complexity index is 1050. The minimum atomic E-state index is -0.540. The SMILES string of the molecule is CCCC(C)(C)c1cccc(NC(=O)c2ccc3c(c2)C(=O)N(C(C)(CC)CC)C3=O)c1. The number of anilines is 1. The van der Waals surface area contributed by atoms with Gasteiger partial charge in [0.05, 0.1) is 11.1 Å². The van der Waals surface area contributed by atoms with E-state index in [0.717, 1.165) is 12.8 Å². The minimum Gasteiger partial charge on any atom is -0.322 e. The Balaban J connectivity index is 1.86. The molecule has 0 unspecified atom stereocenters. The molecule has 5 heteroatoms. The smallest absolute Gasteiger partial charge is 0.262 e. The zero-order valence-corrected chi connectivity index (χ0v) is 20.0. The summed E-state index contributed by atoms with van der Waals surface area (Å²) in [5, 5.41) is 2.95. The molecule has 2 aromatic rings. The van der Waals surface area contributed by atoms with Gasteiger partial charge in [0.1, 0.15) is 0 Å². The minimum absolute atomic E-state index is 0.0184. The maximum Gasteiger partial charge on any atom is 0.262 e. The van der Waals surface area contributed by atoms with Crippen LogP contribution < -0.4 is 5.32 Å². The molecule has 3 amide bonds. The molecule has 0 fully saturated rings. The van der Waals surface area contributed by atoms with Crippen molar-refractivity contribution < 1.29 is 14.4 Å². The Morgan fingerprint density at radius 1 is 0.906 bits per heavy atom. The number of nitrogens with one attached hydrogen (secondary N) is 1. The number of fused-ring (bicyclic) bond motifs is 1. The lowest BCUT2D eigenvalue weighted by Gasteiger charge is -2.35. The summed E-state index contributed by atoms with van der Waals surface area (Å²) in [5.41, 5.74) is 2.38. The number of amides is 3. The molecule has 0 atom stereocenters. The summed E-state index contributed by atoms with van der Waals surface area (Å²) >= 11 is 0. The second-order valence-electron chi connectivity index (χ2n) is 9.58. The fourth-order valence-corrected chi connectivity index (χ4v) is 4.43. The molecule has 1 heterocycles. The summed E-state index contributed by atoms with van der Waals surface area (Å²) in [7, 11) is 0. The van der Waals surface area contributed by atoms with Crippen LogP contribution in [-0.2, 0) is 5.41 Å². The van der Waals surface area contributed by atoms with E-state index >= 15 is 0 Å². The van der Waals surface area contributed by atoms with Crippen LogP contribution in [0.15, 0.2) is 42.5 Å². The summed E-state index contributed by atoms with van der Waals surface area (Å²) in [6, 6.07) is 12.6. The molecule has 0 saturated carbocycles. The molecule has 0 spiro atoms. The van der Waals surface area contributed by atoms with Gasteiger partial charge in [-0.1, -0.05) is 53.2 Å². The van der Waals surface area contributed by atoms with Gasteiger partial charge in [-0.2, -0.15) is 0 Å². The van der Waals surface area contributed by atoms with Crippen molar-refractivity contribution in [2.24, 2.45) is 0 Å². The molecule has 0 aromatic heterocycles. The number of rotatable bonds is 8. The van der Waals surface area contributed by atoms with E-state index < -0.39 is 5.54 Å². The molecule has 1 aliphatic heterocycles. The second kappa shape index (κ2) is 8.89. The summed E-state index contributed by atoms with van der Waals surface area (Å²) in [5.74, 6) is -0.908. The van der Waals surface area contributed by atoms with Gasteiger partial charge in [-0.25, -0.2) is 0 Å². The van der Waals surface area contributed by atoms with Crippen LogP contribution in [0.5, 0.6) is 0 Å². The van der Waals surface area contributed by atoms with Crippen LogP contribution in [0.3, 0.4) is 0 Å². The van der Waals surface area contributed by atoms with Gasteiger partial charge >= 0.3 is 0 Å². The van der Waals surface area contributed by atoms with Crippen molar-refractivity contribution in [3.63, 3.8) is 0 Å². The first-order chi connectivity index (χ1) is 15.1. The van der Waals surface area contributed by atoms with Crippen LogP contribution >= 0.6 is 0 Å². The topological polar surface area (TPSA) is 66.5 Å². The number of imide groups is 1. The van der Waals surface area contributed by atoms with Crippen LogP contribution in [0, 0.1) is 0 Å². The Kier molecular flexibility index (Phi) is 6.59. The lowest BCUT2D eigenvalue weighted by Crippen LogP contribution is -2.48. The molecule has 2 aromatic carbocycles. The molecule has 1 aliphatic rings. The van der Waals surface area contributed by atoms with E-state index in [-0.39, 0.29) is 23.1 Å². The van der Waals surface area contributed by atoms with Crippen molar-refractivity contribution >= 4 is 23.4 Å². The number of nitrogens with zero attached hydrogens (tertiary/aromatic N) is 1. The van der Waals surface area contributed by atoms with Gasteiger partial charge in [-0.15, -0.1) is 0 Å². The standard InChI is InChI=1S/C27H34N2O3/c1-7-15-26(4,5)19-11-10-12-20(17-19)28-23(30)18-13-14-21-22(16-18)25(32)29(24(21)31)27(6,8-2)9-3/h10-14,16-17H,7-9,15H2,1-6H3,(H,28,30). The number of benzene rings is 2. The van der Waals surface area contributed by atoms with Crippen molar-refractivity contribution in [1.29, 1.82) is 0 Å². The van der Waals surface area contributed by atoms with Crippen molar-refractivity contribution in [2.75, 3.05) is 5.32 Å². The first-order valence-electron chi connectivity index (χ1n) is 11.5. The average Bonchev–Trinajstić information content (AvgIpc) is 3.03. The highest BCUT2D eigenvalue weighted by Crippen LogP contribution is 2.34. The third-order valence-corrected chi connectivity index (χ3v) is 6.99. The second-order valence-corrected chi connectivity index (χ2v) is 9.58. The summed E-state index contributed by atoms with van der Waals surface area (Å²) in [4.78, 5) is 40.3. The van der Waals surface area contributed by atoms with Crippen LogP contribution in [-0.4, -0.2) is 28.2 Å². The van der Waals surface area contributed by atoms with Crippen LogP contribution in [0.2, 0.25) is 0 Å². The van der Waals surface area contributed by atoms with E-state index in [1.165, 1.54) is 10.5 Å². The first-order valence-corrected chi connectivity index (χ1v) is 11.5. The largest absolute Gasteiger partial charge is 0.322 e. The molecular weight excluding hydrogens is 400 g/mol. The third kappa shape index (κ3) is 4.21. The molecule has 0 saturated heterocycles. The van der Waals surface area contributed by atoms with E-state index in [9.17, 15) is 14.4 Å². The molecule has 5 nitrogen and oxygen atoms in total. The number of hydrogen-bond acceptors (Lipinski definition) is 3. The Morgan fingerprint density at radius 3 is 2.19 bits per heavy atom. The van der Waals surface area contributed by atoms with Gasteiger partial charge in [0.25, 0.3) is 17.7 Å². The van der Waals surface area contributed by atoms with Crippen molar-refractivity contribution in [1.82, 2.24) is 4.90 Å². The van der Waals surface area contributed by atoms with Crippen LogP contribution in [0.4, 0.5) is 5.69 Å². The summed E-state index contributed by atoms with van der Waals surface area (Å²) in [6.07, 6.45) is 3.48. The highest BCUT2D eigenvalue weighted by atomic mass is 16.2. The van der Waals surface area contributed by atoms with Crippen LogP contribution in [0.25, 0.3) is 0 Å². The summed E-state index contributed by atoms with van der Waals surface area (Å²) < 4.78 is 0. The number of carbonyl (C=O) groups excluding carboxylic acids is 3. The molecule has 0 aliphatic carbocycles. The molecule has 3 rings (SSSR count). The van der Waals surface area contributed by atoms with Gasteiger partial charge in [0.2, 0.25) is 0 Å². The molecule has 0 bridgehead atoms.